The van der Waals surface area contributed by atoms with E-state index >= 15 is 0 Å². The van der Waals surface area contributed by atoms with Gasteiger partial charge in [0, 0.05) is 0 Å². The molecule has 0 saturated heterocycles. The average Bonchev–Trinajstić information content (AvgIpc) is 1.64. The van der Waals surface area contributed by atoms with Gasteiger partial charge in [-0.25, -0.2) is 0 Å². The van der Waals surface area contributed by atoms with E-state index in [0.29, 0.717) is 0 Å². The SMILES string of the molecule is C#CC(C(C)C)S(=O)[O-]. The molecule has 2 unspecified atom stereocenters. The van der Waals surface area contributed by atoms with Gasteiger partial charge < -0.3 is 4.55 Å². The van der Waals surface area contributed by atoms with Crippen LogP contribution in [0.2, 0.25) is 0 Å². The van der Waals surface area contributed by atoms with Crippen molar-refractivity contribution in [3.63, 3.8) is 0 Å². The molecule has 52 valence electrons. The highest BCUT2D eigenvalue weighted by Crippen LogP contribution is 2.05. The van der Waals surface area contributed by atoms with E-state index in [1.807, 2.05) is 0 Å². The molecule has 0 spiro atoms. The number of hydrogen-bond donors (Lipinski definition) is 0. The highest BCUT2D eigenvalue weighted by Gasteiger charge is 2.08. The molecule has 0 heterocycles. The van der Waals surface area contributed by atoms with Crippen molar-refractivity contribution in [2.75, 3.05) is 0 Å². The molecule has 9 heavy (non-hydrogen) atoms. The molecule has 0 N–H and O–H groups in total. The quantitative estimate of drug-likeness (QED) is 0.420. The van der Waals surface area contributed by atoms with Gasteiger partial charge in [-0.05, 0) is 17.0 Å². The average molecular weight is 145 g/mol. The zero-order valence-corrected chi connectivity index (χ0v) is 6.27. The van der Waals surface area contributed by atoms with Crippen LogP contribution in [0.1, 0.15) is 13.8 Å². The second kappa shape index (κ2) is 3.65. The number of hydrogen-bond acceptors (Lipinski definition) is 2. The molecule has 0 rings (SSSR count). The van der Waals surface area contributed by atoms with Crippen molar-refractivity contribution < 1.29 is 8.76 Å². The highest BCUT2D eigenvalue weighted by molar-refractivity contribution is 7.80. The van der Waals surface area contributed by atoms with E-state index in [2.05, 4.69) is 5.92 Å². The van der Waals surface area contributed by atoms with Gasteiger partial charge in [-0.2, -0.15) is 0 Å². The predicted octanol–water partition coefficient (Wildman–Crippen LogP) is 0.523. The van der Waals surface area contributed by atoms with Crippen LogP contribution in [0.25, 0.3) is 0 Å². The van der Waals surface area contributed by atoms with E-state index in [-0.39, 0.29) is 5.92 Å². The normalized spacial score (nSPS) is 16.8. The minimum atomic E-state index is -2.12. The Morgan fingerprint density at radius 2 is 2.11 bits per heavy atom. The maximum absolute atomic E-state index is 10.2. The van der Waals surface area contributed by atoms with Gasteiger partial charge in [0.25, 0.3) is 0 Å². The Kier molecular flexibility index (Phi) is 3.52. The van der Waals surface area contributed by atoms with E-state index < -0.39 is 16.3 Å². The van der Waals surface area contributed by atoms with Gasteiger partial charge in [-0.15, -0.1) is 6.42 Å². The van der Waals surface area contributed by atoms with E-state index in [4.69, 9.17) is 6.42 Å². The van der Waals surface area contributed by atoms with Crippen LogP contribution in [0, 0.1) is 18.3 Å². The van der Waals surface area contributed by atoms with Crippen molar-refractivity contribution in [3.05, 3.63) is 0 Å². The lowest BCUT2D eigenvalue weighted by atomic mass is 10.1. The minimum absolute atomic E-state index is 0.00772. The van der Waals surface area contributed by atoms with Gasteiger partial charge in [0.2, 0.25) is 0 Å². The summed E-state index contributed by atoms with van der Waals surface area (Å²) in [6.07, 6.45) is 4.93. The smallest absolute Gasteiger partial charge is 0.0844 e. The summed E-state index contributed by atoms with van der Waals surface area (Å²) in [6, 6.07) is 0. The third kappa shape index (κ3) is 2.64. The molecule has 0 aromatic rings. The van der Waals surface area contributed by atoms with Gasteiger partial charge in [-0.3, -0.25) is 4.21 Å². The van der Waals surface area contributed by atoms with Gasteiger partial charge in [0.15, 0.2) is 0 Å². The lowest BCUT2D eigenvalue weighted by Crippen LogP contribution is -2.18. The third-order valence-electron chi connectivity index (χ3n) is 0.977. The second-order valence-electron chi connectivity index (χ2n) is 2.09. The summed E-state index contributed by atoms with van der Waals surface area (Å²) < 4.78 is 20.5. The Bertz CT molecular complexity index is 146. The molecule has 0 aromatic heterocycles. The molecule has 0 aliphatic heterocycles. The molecule has 0 aliphatic carbocycles. The predicted molar refractivity (Wildman–Crippen MR) is 36.4 cm³/mol. The lowest BCUT2D eigenvalue weighted by molar-refractivity contribution is 0.513. The number of rotatable bonds is 2. The summed E-state index contributed by atoms with van der Waals surface area (Å²) in [4.78, 5) is 0. The maximum atomic E-state index is 10.2. The first-order valence-corrected chi connectivity index (χ1v) is 3.77. The zero-order chi connectivity index (χ0) is 7.44. The van der Waals surface area contributed by atoms with Crippen LogP contribution in [0.3, 0.4) is 0 Å². The van der Waals surface area contributed by atoms with Crippen molar-refractivity contribution >= 4 is 11.1 Å². The van der Waals surface area contributed by atoms with E-state index in [1.165, 1.54) is 0 Å². The van der Waals surface area contributed by atoms with Gasteiger partial charge >= 0.3 is 0 Å². The van der Waals surface area contributed by atoms with Crippen LogP contribution in [0.15, 0.2) is 0 Å². The Hall–Kier alpha value is -0.330. The summed E-state index contributed by atoms with van der Waals surface area (Å²) in [5.41, 5.74) is 0. The van der Waals surface area contributed by atoms with Crippen LogP contribution < -0.4 is 0 Å². The molecule has 0 amide bonds. The summed E-state index contributed by atoms with van der Waals surface area (Å²) in [7, 11) is 0. The fourth-order valence-electron chi connectivity index (χ4n) is 0.470. The van der Waals surface area contributed by atoms with Crippen LogP contribution in [0.4, 0.5) is 0 Å². The second-order valence-corrected chi connectivity index (χ2v) is 3.12. The summed E-state index contributed by atoms with van der Waals surface area (Å²) in [5, 5.41) is -0.634. The van der Waals surface area contributed by atoms with Crippen LogP contribution in [-0.2, 0) is 11.1 Å². The molecular weight excluding hydrogens is 136 g/mol. The summed E-state index contributed by atoms with van der Waals surface area (Å²) in [6.45, 7) is 3.56. The Balaban J connectivity index is 4.04. The van der Waals surface area contributed by atoms with E-state index in [0.717, 1.165) is 0 Å². The first-order valence-electron chi connectivity index (χ1n) is 2.63. The fourth-order valence-corrected chi connectivity index (χ4v) is 1.03. The van der Waals surface area contributed by atoms with Gasteiger partial charge in [-0.1, -0.05) is 19.8 Å². The van der Waals surface area contributed by atoms with Crippen LogP contribution >= 0.6 is 0 Å². The van der Waals surface area contributed by atoms with Crippen LogP contribution in [0.5, 0.6) is 0 Å². The molecule has 0 fully saturated rings. The van der Waals surface area contributed by atoms with Gasteiger partial charge in [0.05, 0.1) is 5.25 Å². The van der Waals surface area contributed by atoms with E-state index in [1.54, 1.807) is 13.8 Å². The topological polar surface area (TPSA) is 40.1 Å². The molecule has 3 heteroatoms. The van der Waals surface area contributed by atoms with Crippen LogP contribution in [-0.4, -0.2) is 14.0 Å². The van der Waals surface area contributed by atoms with Crippen molar-refractivity contribution in [1.82, 2.24) is 0 Å². The maximum Gasteiger partial charge on any atom is 0.0844 e. The third-order valence-corrected chi connectivity index (χ3v) is 2.07. The lowest BCUT2D eigenvalue weighted by Gasteiger charge is -2.16. The zero-order valence-electron chi connectivity index (χ0n) is 5.46. The van der Waals surface area contributed by atoms with Crippen molar-refractivity contribution in [3.8, 4) is 12.3 Å². The van der Waals surface area contributed by atoms with Crippen molar-refractivity contribution in [2.45, 2.75) is 19.1 Å². The Labute approximate surface area is 57.9 Å². The summed E-state index contributed by atoms with van der Waals surface area (Å²) in [5.74, 6) is 2.20. The van der Waals surface area contributed by atoms with Gasteiger partial charge in [0.1, 0.15) is 0 Å². The Morgan fingerprint density at radius 3 is 2.11 bits per heavy atom. The van der Waals surface area contributed by atoms with E-state index in [9.17, 15) is 8.76 Å². The molecule has 0 bridgehead atoms. The first-order chi connectivity index (χ1) is 4.09. The molecule has 2 nitrogen and oxygen atoms in total. The standard InChI is InChI=1S/C6H10O2S/c1-4-6(5(2)3)9(7)8/h1,5-6H,2-3H3,(H,7,8)/p-1. The monoisotopic (exact) mass is 145 g/mol. The largest absolute Gasteiger partial charge is 0.771 e. The molecule has 0 aromatic carbocycles. The summed E-state index contributed by atoms with van der Waals surface area (Å²) >= 11 is -2.12. The minimum Gasteiger partial charge on any atom is -0.771 e. The molecule has 2 atom stereocenters. The molecular formula is C6H9O2S-. The van der Waals surface area contributed by atoms with Crippen molar-refractivity contribution in [1.29, 1.82) is 0 Å². The highest BCUT2D eigenvalue weighted by atomic mass is 32.2. The van der Waals surface area contributed by atoms with Crippen molar-refractivity contribution in [2.24, 2.45) is 5.92 Å². The fraction of sp³-hybridized carbons (Fsp3) is 0.667. The molecule has 0 saturated carbocycles. The Morgan fingerprint density at radius 1 is 1.67 bits per heavy atom. The molecule has 0 radical (unpaired) electrons. The molecule has 0 aliphatic rings. The number of terminal acetylenes is 1. The first kappa shape index (κ1) is 8.67.